The number of aromatic nitrogens is 3. The molecule has 0 amide bonds. The highest BCUT2D eigenvalue weighted by molar-refractivity contribution is 9.10. The van der Waals surface area contributed by atoms with Gasteiger partial charge in [-0.3, -0.25) is 4.79 Å². The third-order valence-electron chi connectivity index (χ3n) is 2.87. The first-order valence-corrected chi connectivity index (χ1v) is 6.57. The molecule has 0 radical (unpaired) electrons. The Morgan fingerprint density at radius 2 is 1.89 bits per heavy atom. The van der Waals surface area contributed by atoms with Crippen LogP contribution in [0, 0.1) is 6.92 Å². The normalized spacial score (nSPS) is 10.8. The molecule has 0 saturated heterocycles. The van der Waals surface area contributed by atoms with Gasteiger partial charge in [0.1, 0.15) is 10.2 Å². The summed E-state index contributed by atoms with van der Waals surface area (Å²) in [6.07, 6.45) is 0. The summed E-state index contributed by atoms with van der Waals surface area (Å²) in [5.41, 5.74) is 1.99. The number of aryl methyl sites for hydroxylation is 1. The Morgan fingerprint density at radius 1 is 1.11 bits per heavy atom. The van der Waals surface area contributed by atoms with Crippen molar-refractivity contribution in [3.63, 3.8) is 0 Å². The smallest absolute Gasteiger partial charge is 0.265 e. The molecular weight excluding hydrogens is 306 g/mol. The Bertz CT molecular complexity index is 826. The summed E-state index contributed by atoms with van der Waals surface area (Å²) in [7, 11) is 0. The molecule has 3 rings (SSSR count). The third kappa shape index (κ3) is 2.17. The van der Waals surface area contributed by atoms with Gasteiger partial charge in [-0.05, 0) is 35.0 Å². The lowest BCUT2D eigenvalue weighted by atomic mass is 10.2. The number of hydrogen-bond donors (Lipinski definition) is 1. The van der Waals surface area contributed by atoms with Gasteiger partial charge in [-0.2, -0.15) is 0 Å². The van der Waals surface area contributed by atoms with E-state index in [1.807, 2.05) is 36.4 Å². The van der Waals surface area contributed by atoms with E-state index in [9.17, 15) is 4.79 Å². The zero-order chi connectivity index (χ0) is 13.4. The van der Waals surface area contributed by atoms with Gasteiger partial charge in [0, 0.05) is 5.39 Å². The molecule has 1 N–H and O–H groups in total. The number of nitrogens with one attached hydrogen (secondary N) is 1. The molecule has 0 aliphatic carbocycles. The number of H-pyrrole nitrogens is 1. The lowest BCUT2D eigenvalue weighted by Gasteiger charge is -2.04. The van der Waals surface area contributed by atoms with E-state index in [0.29, 0.717) is 21.7 Å². The van der Waals surface area contributed by atoms with Gasteiger partial charge in [0.25, 0.3) is 5.56 Å². The van der Waals surface area contributed by atoms with Crippen LogP contribution in [0.25, 0.3) is 22.4 Å². The van der Waals surface area contributed by atoms with Crippen molar-refractivity contribution in [3.8, 4) is 11.5 Å². The molecule has 0 fully saturated rings. The summed E-state index contributed by atoms with van der Waals surface area (Å²) in [4.78, 5) is 23.3. The average molecular weight is 316 g/mol. The second kappa shape index (κ2) is 4.59. The molecule has 19 heavy (non-hydrogen) atoms. The van der Waals surface area contributed by atoms with E-state index in [1.54, 1.807) is 6.92 Å². The molecule has 0 aliphatic heterocycles. The van der Waals surface area contributed by atoms with E-state index >= 15 is 0 Å². The molecule has 2 aromatic heterocycles. The Hall–Kier alpha value is -2.01. The molecule has 0 aliphatic rings. The molecule has 4 nitrogen and oxygen atoms in total. The van der Waals surface area contributed by atoms with Crippen LogP contribution in [0.4, 0.5) is 0 Å². The lowest BCUT2D eigenvalue weighted by Crippen LogP contribution is -2.12. The van der Waals surface area contributed by atoms with E-state index in [0.717, 1.165) is 10.9 Å². The monoisotopic (exact) mass is 315 g/mol. The number of pyridine rings is 1. The van der Waals surface area contributed by atoms with E-state index < -0.39 is 0 Å². The van der Waals surface area contributed by atoms with Crippen molar-refractivity contribution < 1.29 is 0 Å². The molecule has 0 spiro atoms. The van der Waals surface area contributed by atoms with Gasteiger partial charge in [0.15, 0.2) is 5.82 Å². The largest absolute Gasteiger partial charge is 0.304 e. The van der Waals surface area contributed by atoms with Gasteiger partial charge in [0.2, 0.25) is 0 Å². The zero-order valence-corrected chi connectivity index (χ0v) is 11.7. The van der Waals surface area contributed by atoms with Crippen molar-refractivity contribution in [3.05, 3.63) is 56.9 Å². The van der Waals surface area contributed by atoms with E-state index in [-0.39, 0.29) is 5.56 Å². The fourth-order valence-corrected chi connectivity index (χ4v) is 2.08. The summed E-state index contributed by atoms with van der Waals surface area (Å²) in [6.45, 7) is 1.78. The molecule has 0 atom stereocenters. The quantitative estimate of drug-likeness (QED) is 0.750. The fourth-order valence-electron chi connectivity index (χ4n) is 1.89. The maximum Gasteiger partial charge on any atom is 0.265 e. The van der Waals surface area contributed by atoms with E-state index in [2.05, 4.69) is 30.9 Å². The van der Waals surface area contributed by atoms with Gasteiger partial charge in [-0.15, -0.1) is 0 Å². The second-order valence-corrected chi connectivity index (χ2v) is 5.00. The number of para-hydroxylation sites is 1. The minimum Gasteiger partial charge on any atom is -0.304 e. The SMILES string of the molecule is Cc1nc(-c2ccc3ccccc3n2)[nH]c(=O)c1Br. The highest BCUT2D eigenvalue weighted by Gasteiger charge is 2.08. The van der Waals surface area contributed by atoms with Crippen LogP contribution in [0.2, 0.25) is 0 Å². The Labute approximate surface area is 117 Å². The number of benzene rings is 1. The Kier molecular flexibility index (Phi) is 2.91. The molecule has 0 unspecified atom stereocenters. The Morgan fingerprint density at radius 3 is 2.68 bits per heavy atom. The molecule has 94 valence electrons. The maximum atomic E-state index is 11.7. The number of halogens is 1. The van der Waals surface area contributed by atoms with Crippen LogP contribution in [0.1, 0.15) is 5.69 Å². The highest BCUT2D eigenvalue weighted by Crippen LogP contribution is 2.18. The van der Waals surface area contributed by atoms with Crippen molar-refractivity contribution >= 4 is 26.8 Å². The van der Waals surface area contributed by atoms with Crippen LogP contribution in [-0.4, -0.2) is 15.0 Å². The van der Waals surface area contributed by atoms with Crippen molar-refractivity contribution in [2.45, 2.75) is 6.92 Å². The molecule has 1 aromatic carbocycles. The van der Waals surface area contributed by atoms with Crippen LogP contribution in [0.5, 0.6) is 0 Å². The van der Waals surface area contributed by atoms with Crippen LogP contribution in [0.15, 0.2) is 45.7 Å². The molecule has 0 saturated carbocycles. The van der Waals surface area contributed by atoms with Gasteiger partial charge < -0.3 is 4.98 Å². The van der Waals surface area contributed by atoms with Crippen molar-refractivity contribution in [2.24, 2.45) is 0 Å². The standard InChI is InChI=1S/C14H10BrN3O/c1-8-12(15)14(19)18-13(16-8)11-7-6-9-4-2-3-5-10(9)17-11/h2-7H,1H3,(H,16,18,19). The number of hydrogen-bond acceptors (Lipinski definition) is 3. The van der Waals surface area contributed by atoms with Crippen molar-refractivity contribution in [1.29, 1.82) is 0 Å². The van der Waals surface area contributed by atoms with Crippen LogP contribution in [-0.2, 0) is 0 Å². The predicted molar refractivity (Wildman–Crippen MR) is 78.0 cm³/mol. The fraction of sp³-hybridized carbons (Fsp3) is 0.0714. The Balaban J connectivity index is 2.22. The minimum absolute atomic E-state index is 0.197. The van der Waals surface area contributed by atoms with E-state index in [4.69, 9.17) is 0 Å². The summed E-state index contributed by atoms with van der Waals surface area (Å²) >= 11 is 3.20. The van der Waals surface area contributed by atoms with Gasteiger partial charge in [0.05, 0.1) is 11.2 Å². The van der Waals surface area contributed by atoms with Gasteiger partial charge >= 0.3 is 0 Å². The van der Waals surface area contributed by atoms with Gasteiger partial charge in [-0.25, -0.2) is 9.97 Å². The number of aromatic amines is 1. The lowest BCUT2D eigenvalue weighted by molar-refractivity contribution is 1.04. The molecule has 5 heteroatoms. The molecule has 0 bridgehead atoms. The summed E-state index contributed by atoms with van der Waals surface area (Å²) in [5.74, 6) is 0.483. The second-order valence-electron chi connectivity index (χ2n) is 4.20. The number of rotatable bonds is 1. The zero-order valence-electron chi connectivity index (χ0n) is 10.1. The minimum atomic E-state index is -0.197. The molecule has 2 heterocycles. The van der Waals surface area contributed by atoms with Crippen LogP contribution in [0.3, 0.4) is 0 Å². The first kappa shape index (κ1) is 12.0. The van der Waals surface area contributed by atoms with E-state index in [1.165, 1.54) is 0 Å². The predicted octanol–water partition coefficient (Wildman–Crippen LogP) is 3.06. The maximum absolute atomic E-state index is 11.7. The third-order valence-corrected chi connectivity index (χ3v) is 3.80. The van der Waals surface area contributed by atoms with Crippen LogP contribution < -0.4 is 5.56 Å². The molecular formula is C14H10BrN3O. The summed E-state index contributed by atoms with van der Waals surface area (Å²) in [6, 6.07) is 11.6. The average Bonchev–Trinajstić information content (AvgIpc) is 2.43. The first-order chi connectivity index (χ1) is 9.15. The van der Waals surface area contributed by atoms with Crippen molar-refractivity contribution in [1.82, 2.24) is 15.0 Å². The topological polar surface area (TPSA) is 58.6 Å². The van der Waals surface area contributed by atoms with Crippen LogP contribution >= 0.6 is 15.9 Å². The molecule has 3 aromatic rings. The number of nitrogens with zero attached hydrogens (tertiary/aromatic N) is 2. The highest BCUT2D eigenvalue weighted by atomic mass is 79.9. The summed E-state index contributed by atoms with van der Waals surface area (Å²) in [5, 5.41) is 1.06. The van der Waals surface area contributed by atoms with Gasteiger partial charge in [-0.1, -0.05) is 24.3 Å². The summed E-state index contributed by atoms with van der Waals surface area (Å²) < 4.78 is 0.456. The first-order valence-electron chi connectivity index (χ1n) is 5.78. The number of fused-ring (bicyclic) bond motifs is 1. The van der Waals surface area contributed by atoms with Crippen molar-refractivity contribution in [2.75, 3.05) is 0 Å².